The topological polar surface area (TPSA) is 96.3 Å². The normalized spacial score (nSPS) is 12.9. The summed E-state index contributed by atoms with van der Waals surface area (Å²) in [4.78, 5) is 3.86. The number of aromatic nitrogens is 2. The molecule has 0 amide bonds. The lowest BCUT2D eigenvalue weighted by Gasteiger charge is -2.12. The van der Waals surface area contributed by atoms with E-state index in [0.29, 0.717) is 33.9 Å². The summed E-state index contributed by atoms with van der Waals surface area (Å²) in [5.41, 5.74) is 19.1. The van der Waals surface area contributed by atoms with E-state index >= 15 is 0 Å². The predicted octanol–water partition coefficient (Wildman–Crippen LogP) is 9.04. The van der Waals surface area contributed by atoms with Gasteiger partial charge in [-0.3, -0.25) is 0 Å². The Kier molecular flexibility index (Phi) is 7.33. The van der Waals surface area contributed by atoms with Crippen LogP contribution in [-0.2, 0) is 0 Å². The second-order valence-corrected chi connectivity index (χ2v) is 11.9. The Hall–Kier alpha value is -4.06. The maximum atomic E-state index is 13.2. The molecule has 0 saturated heterocycles. The zero-order valence-electron chi connectivity index (χ0n) is 21.9. The zero-order valence-corrected chi connectivity index (χ0v) is 24.4. The molecule has 0 fully saturated rings. The van der Waals surface area contributed by atoms with Crippen molar-refractivity contribution in [1.29, 1.82) is 0 Å². The number of hydrogen-bond donors (Lipinski definition) is 2. The number of anilines is 2. The number of hydrogen-bond acceptors (Lipinski definition) is 9. The standard InChI is InChI=1S/C30H24F2N4O2S3/c1-15(31)37-19-7-3-17(4-8-19)21-11-13-23(39-21)25-27(33)28(34)26(30-29(25)35-41-36-30)24-14-12-22(40-24)18-5-9-20(10-6-18)38-16(2)32/h3-16H,33-34H2,1-2H3. The van der Waals surface area contributed by atoms with E-state index in [1.54, 1.807) is 46.9 Å². The number of halogens is 2. The van der Waals surface area contributed by atoms with Gasteiger partial charge in [-0.25, -0.2) is 8.78 Å². The summed E-state index contributed by atoms with van der Waals surface area (Å²) in [5.74, 6) is 0.940. The van der Waals surface area contributed by atoms with Gasteiger partial charge in [0.05, 0.1) is 23.1 Å². The van der Waals surface area contributed by atoms with E-state index in [9.17, 15) is 8.78 Å². The first kappa shape index (κ1) is 27.1. The number of rotatable bonds is 8. The van der Waals surface area contributed by atoms with E-state index in [-0.39, 0.29) is 0 Å². The second kappa shape index (κ2) is 11.1. The van der Waals surface area contributed by atoms with Crippen LogP contribution in [0.25, 0.3) is 52.8 Å². The number of ether oxygens (including phenoxy) is 2. The number of benzene rings is 3. The third kappa shape index (κ3) is 5.35. The molecule has 0 aliphatic carbocycles. The van der Waals surface area contributed by atoms with Gasteiger partial charge in [-0.05, 0) is 83.9 Å². The average Bonchev–Trinajstić information content (AvgIpc) is 3.72. The van der Waals surface area contributed by atoms with Crippen LogP contribution in [0.2, 0.25) is 0 Å². The smallest absolute Gasteiger partial charge is 0.235 e. The molecule has 6 rings (SSSR count). The van der Waals surface area contributed by atoms with Gasteiger partial charge in [0.1, 0.15) is 22.5 Å². The van der Waals surface area contributed by atoms with Crippen LogP contribution in [0.3, 0.4) is 0 Å². The molecule has 0 spiro atoms. The summed E-state index contributed by atoms with van der Waals surface area (Å²) >= 11 is 4.24. The third-order valence-corrected chi connectivity index (χ3v) is 9.20. The van der Waals surface area contributed by atoms with Gasteiger partial charge in [-0.15, -0.1) is 22.7 Å². The summed E-state index contributed by atoms with van der Waals surface area (Å²) in [7, 11) is 0. The Morgan fingerprint density at radius 1 is 0.585 bits per heavy atom. The van der Waals surface area contributed by atoms with Crippen molar-refractivity contribution in [3.63, 3.8) is 0 Å². The van der Waals surface area contributed by atoms with E-state index in [0.717, 1.165) is 53.5 Å². The largest absolute Gasteiger partial charge is 0.461 e. The minimum absolute atomic E-state index is 0.450. The number of fused-ring (bicyclic) bond motifs is 1. The van der Waals surface area contributed by atoms with E-state index < -0.39 is 12.7 Å². The van der Waals surface area contributed by atoms with Crippen LogP contribution in [0.1, 0.15) is 13.8 Å². The number of nitrogens with two attached hydrogens (primary N) is 2. The molecule has 41 heavy (non-hydrogen) atoms. The van der Waals surface area contributed by atoms with Gasteiger partial charge < -0.3 is 20.9 Å². The first-order chi connectivity index (χ1) is 19.8. The maximum absolute atomic E-state index is 13.2. The summed E-state index contributed by atoms with van der Waals surface area (Å²) < 4.78 is 45.8. The Balaban J connectivity index is 1.35. The quantitative estimate of drug-likeness (QED) is 0.168. The first-order valence-electron chi connectivity index (χ1n) is 12.6. The number of alkyl halides is 2. The van der Waals surface area contributed by atoms with Crippen LogP contribution >= 0.6 is 34.4 Å². The van der Waals surface area contributed by atoms with Crippen molar-refractivity contribution in [2.75, 3.05) is 11.5 Å². The molecule has 6 nitrogen and oxygen atoms in total. The summed E-state index contributed by atoms with van der Waals surface area (Å²) in [6, 6.07) is 22.6. The molecular formula is C30H24F2N4O2S3. The highest BCUT2D eigenvalue weighted by atomic mass is 32.1. The Morgan fingerprint density at radius 2 is 0.951 bits per heavy atom. The van der Waals surface area contributed by atoms with E-state index in [1.165, 1.54) is 13.8 Å². The van der Waals surface area contributed by atoms with Gasteiger partial charge in [-0.1, -0.05) is 0 Å². The van der Waals surface area contributed by atoms with Crippen LogP contribution < -0.4 is 20.9 Å². The van der Waals surface area contributed by atoms with Gasteiger partial charge in [0, 0.05) is 44.5 Å². The number of nitrogens with zero attached hydrogens (tertiary/aromatic N) is 2. The van der Waals surface area contributed by atoms with E-state index in [2.05, 4.69) is 8.75 Å². The maximum Gasteiger partial charge on any atom is 0.235 e. The lowest BCUT2D eigenvalue weighted by Crippen LogP contribution is -2.03. The van der Waals surface area contributed by atoms with Crippen molar-refractivity contribution < 1.29 is 18.3 Å². The van der Waals surface area contributed by atoms with Crippen molar-refractivity contribution >= 4 is 56.8 Å². The SMILES string of the molecule is CC(F)Oc1ccc(-c2ccc(-c3c(N)c(N)c(-c4ccc(-c5ccc(OC(C)F)cc5)s4)c4nsnc34)s2)cc1. The average molecular weight is 607 g/mol. The summed E-state index contributed by atoms with van der Waals surface area (Å²) in [5, 5.41) is 0. The lowest BCUT2D eigenvalue weighted by atomic mass is 10.0. The molecule has 0 bridgehead atoms. The van der Waals surface area contributed by atoms with E-state index in [4.69, 9.17) is 20.9 Å². The third-order valence-electron chi connectivity index (χ3n) is 6.37. The fraction of sp³-hybridized carbons (Fsp3) is 0.133. The Labute approximate surface area is 247 Å². The minimum Gasteiger partial charge on any atom is -0.461 e. The Morgan fingerprint density at radius 3 is 1.32 bits per heavy atom. The van der Waals surface area contributed by atoms with E-state index in [1.807, 2.05) is 48.5 Å². The van der Waals surface area contributed by atoms with Crippen molar-refractivity contribution in [3.05, 3.63) is 72.8 Å². The van der Waals surface area contributed by atoms with Crippen molar-refractivity contribution in [2.24, 2.45) is 0 Å². The molecule has 2 atom stereocenters. The van der Waals surface area contributed by atoms with Gasteiger partial charge in [0.2, 0.25) is 12.7 Å². The van der Waals surface area contributed by atoms with Gasteiger partial charge >= 0.3 is 0 Å². The fourth-order valence-electron chi connectivity index (χ4n) is 4.57. The zero-order chi connectivity index (χ0) is 28.7. The molecule has 0 aliphatic rings. The second-order valence-electron chi connectivity index (χ2n) is 9.24. The van der Waals surface area contributed by atoms with Crippen molar-refractivity contribution in [3.8, 4) is 53.3 Å². The van der Waals surface area contributed by atoms with Gasteiger partial charge in [0.25, 0.3) is 0 Å². The molecule has 11 heteroatoms. The van der Waals surface area contributed by atoms with Crippen LogP contribution in [0.5, 0.6) is 11.5 Å². The molecule has 0 aliphatic heterocycles. The molecular weight excluding hydrogens is 583 g/mol. The highest BCUT2D eigenvalue weighted by Crippen LogP contribution is 2.49. The monoisotopic (exact) mass is 606 g/mol. The molecule has 3 aromatic carbocycles. The number of thiophene rings is 2. The first-order valence-corrected chi connectivity index (χ1v) is 15.0. The number of nitrogen functional groups attached to an aromatic ring is 2. The molecule has 0 radical (unpaired) electrons. The predicted molar refractivity (Wildman–Crippen MR) is 166 cm³/mol. The molecule has 0 saturated carbocycles. The molecule has 2 unspecified atom stereocenters. The molecule has 6 aromatic rings. The molecule has 208 valence electrons. The molecule has 4 N–H and O–H groups in total. The van der Waals surface area contributed by atoms with Crippen LogP contribution in [0.4, 0.5) is 20.2 Å². The highest BCUT2D eigenvalue weighted by molar-refractivity contribution is 7.19. The van der Waals surface area contributed by atoms with Gasteiger partial charge in [-0.2, -0.15) is 8.75 Å². The van der Waals surface area contributed by atoms with Crippen molar-refractivity contribution in [1.82, 2.24) is 8.75 Å². The summed E-state index contributed by atoms with van der Waals surface area (Å²) in [6.07, 6.45) is -2.75. The summed E-state index contributed by atoms with van der Waals surface area (Å²) in [6.45, 7) is 2.69. The fourth-order valence-corrected chi connectivity index (χ4v) is 7.27. The van der Waals surface area contributed by atoms with Crippen LogP contribution in [0, 0.1) is 0 Å². The molecule has 3 heterocycles. The minimum atomic E-state index is -1.38. The highest BCUT2D eigenvalue weighted by Gasteiger charge is 2.23. The Bertz CT molecular complexity index is 1700. The molecule has 3 aromatic heterocycles. The van der Waals surface area contributed by atoms with Crippen molar-refractivity contribution in [2.45, 2.75) is 26.6 Å². The van der Waals surface area contributed by atoms with Crippen LogP contribution in [-0.4, -0.2) is 21.5 Å². The lowest BCUT2D eigenvalue weighted by molar-refractivity contribution is 0.0855. The van der Waals surface area contributed by atoms with Gasteiger partial charge in [0.15, 0.2) is 0 Å². The van der Waals surface area contributed by atoms with Crippen LogP contribution in [0.15, 0.2) is 72.8 Å².